The largest absolute Gasteiger partial charge is 0.371 e. The summed E-state index contributed by atoms with van der Waals surface area (Å²) in [4.78, 5) is 9.76. The van der Waals surface area contributed by atoms with E-state index in [1.807, 2.05) is 0 Å². The van der Waals surface area contributed by atoms with Crippen molar-refractivity contribution < 1.29 is 21.9 Å². The van der Waals surface area contributed by atoms with Crippen molar-refractivity contribution >= 4 is 47.7 Å². The molecule has 0 spiro atoms. The van der Waals surface area contributed by atoms with Gasteiger partial charge in [-0.05, 0) is 40.2 Å². The van der Waals surface area contributed by atoms with Crippen LogP contribution >= 0.6 is 31.9 Å². The van der Waals surface area contributed by atoms with E-state index in [2.05, 4.69) is 31.9 Å². The SMILES string of the molecule is O=[N+]([O-])c1ccc(F)cc1OS(=O)(=O)c1ccc(Br)cc1Br. The molecule has 0 radical (unpaired) electrons. The van der Waals surface area contributed by atoms with Gasteiger partial charge >= 0.3 is 15.8 Å². The normalized spacial score (nSPS) is 11.2. The van der Waals surface area contributed by atoms with Gasteiger partial charge in [-0.3, -0.25) is 10.1 Å². The molecule has 0 amide bonds. The Hall–Kier alpha value is -1.52. The Morgan fingerprint density at radius 3 is 2.41 bits per heavy atom. The number of nitro groups is 1. The first-order chi connectivity index (χ1) is 10.2. The van der Waals surface area contributed by atoms with Crippen molar-refractivity contribution in [3.63, 3.8) is 0 Å². The van der Waals surface area contributed by atoms with Gasteiger partial charge in [0, 0.05) is 21.1 Å². The summed E-state index contributed by atoms with van der Waals surface area (Å²) in [7, 11) is -4.37. The number of nitrogens with zero attached hydrogens (tertiary/aromatic N) is 1. The van der Waals surface area contributed by atoms with Gasteiger partial charge in [-0.2, -0.15) is 8.42 Å². The second kappa shape index (κ2) is 6.31. The van der Waals surface area contributed by atoms with Crippen LogP contribution in [0.25, 0.3) is 0 Å². The van der Waals surface area contributed by atoms with E-state index in [1.165, 1.54) is 18.2 Å². The Bertz CT molecular complexity index is 857. The first kappa shape index (κ1) is 16.8. The van der Waals surface area contributed by atoms with Crippen molar-refractivity contribution in [3.8, 4) is 5.75 Å². The zero-order valence-corrected chi connectivity index (χ0v) is 14.5. The number of nitro benzene ring substituents is 1. The molecule has 116 valence electrons. The molecular formula is C12H6Br2FNO5S. The van der Waals surface area contributed by atoms with Crippen molar-refractivity contribution in [2.45, 2.75) is 4.90 Å². The fraction of sp³-hybridized carbons (Fsp3) is 0. The lowest BCUT2D eigenvalue weighted by Crippen LogP contribution is -2.11. The molecule has 0 bridgehead atoms. The van der Waals surface area contributed by atoms with Crippen LogP contribution in [0.15, 0.2) is 50.2 Å². The van der Waals surface area contributed by atoms with Crippen LogP contribution in [-0.4, -0.2) is 13.3 Å². The monoisotopic (exact) mass is 453 g/mol. The smallest absolute Gasteiger partial charge is 0.340 e. The Labute approximate surface area is 141 Å². The molecule has 0 aliphatic rings. The quantitative estimate of drug-likeness (QED) is 0.395. The van der Waals surface area contributed by atoms with Crippen LogP contribution in [0, 0.1) is 15.9 Å². The number of hydrogen-bond acceptors (Lipinski definition) is 5. The average Bonchev–Trinajstić information content (AvgIpc) is 2.37. The number of rotatable bonds is 4. The number of hydrogen-bond donors (Lipinski definition) is 0. The molecule has 0 fully saturated rings. The van der Waals surface area contributed by atoms with E-state index >= 15 is 0 Å². The highest BCUT2D eigenvalue weighted by Gasteiger charge is 2.25. The third kappa shape index (κ3) is 3.62. The van der Waals surface area contributed by atoms with Crippen LogP contribution in [0.1, 0.15) is 0 Å². The molecule has 0 atom stereocenters. The fourth-order valence-corrected chi connectivity index (χ4v) is 4.18. The lowest BCUT2D eigenvalue weighted by atomic mass is 10.3. The molecule has 0 unspecified atom stereocenters. The van der Waals surface area contributed by atoms with Gasteiger partial charge in [0.15, 0.2) is 0 Å². The maximum atomic E-state index is 13.2. The molecule has 0 heterocycles. The second-order valence-electron chi connectivity index (χ2n) is 3.98. The zero-order chi connectivity index (χ0) is 16.5. The molecule has 0 saturated heterocycles. The van der Waals surface area contributed by atoms with Gasteiger partial charge in [0.05, 0.1) is 4.92 Å². The van der Waals surface area contributed by atoms with Crippen LogP contribution in [0.5, 0.6) is 5.75 Å². The lowest BCUT2D eigenvalue weighted by Gasteiger charge is -2.09. The minimum atomic E-state index is -4.37. The van der Waals surface area contributed by atoms with Crippen LogP contribution in [0.2, 0.25) is 0 Å². The molecular weight excluding hydrogens is 449 g/mol. The predicted molar refractivity (Wildman–Crippen MR) is 82.7 cm³/mol. The first-order valence-corrected chi connectivity index (χ1v) is 8.53. The van der Waals surface area contributed by atoms with Crippen LogP contribution in [0.3, 0.4) is 0 Å². The van der Waals surface area contributed by atoms with Crippen molar-refractivity contribution in [1.29, 1.82) is 0 Å². The maximum absolute atomic E-state index is 13.2. The molecule has 0 saturated carbocycles. The first-order valence-electron chi connectivity index (χ1n) is 5.54. The summed E-state index contributed by atoms with van der Waals surface area (Å²) < 4.78 is 43.2. The highest BCUT2D eigenvalue weighted by Crippen LogP contribution is 2.32. The number of halogens is 3. The van der Waals surface area contributed by atoms with Crippen molar-refractivity contribution in [3.05, 3.63) is 61.3 Å². The van der Waals surface area contributed by atoms with E-state index in [4.69, 9.17) is 4.18 Å². The van der Waals surface area contributed by atoms with E-state index in [1.54, 1.807) is 0 Å². The predicted octanol–water partition coefficient (Wildman–Crippen LogP) is 4.03. The highest BCUT2D eigenvalue weighted by atomic mass is 79.9. The summed E-state index contributed by atoms with van der Waals surface area (Å²) in [5.41, 5.74) is -0.654. The van der Waals surface area contributed by atoms with E-state index in [-0.39, 0.29) is 9.37 Å². The molecule has 2 aromatic carbocycles. The van der Waals surface area contributed by atoms with E-state index < -0.39 is 32.3 Å². The van der Waals surface area contributed by atoms with E-state index in [0.717, 1.165) is 12.1 Å². The third-order valence-electron chi connectivity index (χ3n) is 2.48. The van der Waals surface area contributed by atoms with Crippen LogP contribution < -0.4 is 4.18 Å². The summed E-state index contributed by atoms with van der Waals surface area (Å²) in [6, 6.07) is 6.48. The fourth-order valence-electron chi connectivity index (χ4n) is 1.55. The van der Waals surface area contributed by atoms with Gasteiger partial charge in [0.1, 0.15) is 10.7 Å². The summed E-state index contributed by atoms with van der Waals surface area (Å²) in [5, 5.41) is 10.9. The molecule has 0 aromatic heterocycles. The molecule has 22 heavy (non-hydrogen) atoms. The van der Waals surface area contributed by atoms with Crippen molar-refractivity contribution in [2.75, 3.05) is 0 Å². The Kier molecular flexibility index (Phi) is 4.83. The molecule has 2 aromatic rings. The van der Waals surface area contributed by atoms with E-state index in [9.17, 15) is 22.9 Å². The molecule has 10 heteroatoms. The second-order valence-corrected chi connectivity index (χ2v) is 7.27. The minimum Gasteiger partial charge on any atom is -0.371 e. The molecule has 6 nitrogen and oxygen atoms in total. The van der Waals surface area contributed by atoms with Crippen LogP contribution in [-0.2, 0) is 10.1 Å². The van der Waals surface area contributed by atoms with Crippen LogP contribution in [0.4, 0.5) is 10.1 Å². The summed E-state index contributed by atoms with van der Waals surface area (Å²) in [6.45, 7) is 0. The number of benzene rings is 2. The lowest BCUT2D eigenvalue weighted by molar-refractivity contribution is -0.385. The summed E-state index contributed by atoms with van der Waals surface area (Å²) in [5.74, 6) is -1.55. The highest BCUT2D eigenvalue weighted by molar-refractivity contribution is 9.11. The average molecular weight is 455 g/mol. The maximum Gasteiger partial charge on any atom is 0.340 e. The van der Waals surface area contributed by atoms with Gasteiger partial charge in [-0.15, -0.1) is 0 Å². The molecule has 0 aliphatic heterocycles. The van der Waals surface area contributed by atoms with Gasteiger partial charge < -0.3 is 4.18 Å². The van der Waals surface area contributed by atoms with E-state index in [0.29, 0.717) is 10.5 Å². The van der Waals surface area contributed by atoms with Gasteiger partial charge in [0.25, 0.3) is 0 Å². The van der Waals surface area contributed by atoms with Gasteiger partial charge in [-0.25, -0.2) is 4.39 Å². The van der Waals surface area contributed by atoms with Crippen molar-refractivity contribution in [1.82, 2.24) is 0 Å². The topological polar surface area (TPSA) is 86.5 Å². The standard InChI is InChI=1S/C12H6Br2FNO5S/c13-7-1-4-12(9(14)5-7)22(19,20)21-11-6-8(15)2-3-10(11)16(17)18/h1-6H. The van der Waals surface area contributed by atoms with Gasteiger partial charge in [-0.1, -0.05) is 15.9 Å². The summed E-state index contributed by atoms with van der Waals surface area (Å²) >= 11 is 6.23. The molecule has 0 aliphatic carbocycles. The Morgan fingerprint density at radius 1 is 1.14 bits per heavy atom. The van der Waals surface area contributed by atoms with Crippen molar-refractivity contribution in [2.24, 2.45) is 0 Å². The third-order valence-corrected chi connectivity index (χ3v) is 5.19. The van der Waals surface area contributed by atoms with Gasteiger partial charge in [0.2, 0.25) is 5.75 Å². The molecule has 0 N–H and O–H groups in total. The Morgan fingerprint density at radius 2 is 1.82 bits per heavy atom. The summed E-state index contributed by atoms with van der Waals surface area (Å²) in [6.07, 6.45) is 0. The zero-order valence-electron chi connectivity index (χ0n) is 10.5. The molecule has 2 rings (SSSR count). The minimum absolute atomic E-state index is 0.195. The Balaban J connectivity index is 2.49.